The van der Waals surface area contributed by atoms with Gasteiger partial charge >= 0.3 is 5.97 Å². The molecule has 0 bridgehead atoms. The third-order valence-electron chi connectivity index (χ3n) is 10.3. The highest BCUT2D eigenvalue weighted by Crippen LogP contribution is 2.72. The third-order valence-corrected chi connectivity index (χ3v) is 10.3. The molecule has 0 amide bonds. The summed E-state index contributed by atoms with van der Waals surface area (Å²) in [6.45, 7) is 6.51. The molecule has 33 heavy (non-hydrogen) atoms. The average Bonchev–Trinajstić information content (AvgIpc) is 2.98. The zero-order chi connectivity index (χ0) is 24.2. The molecular formula is C27H38O6. The van der Waals surface area contributed by atoms with Gasteiger partial charge < -0.3 is 15.3 Å². The number of carbonyl (C=O) groups is 3. The van der Waals surface area contributed by atoms with Crippen LogP contribution >= 0.6 is 0 Å². The number of rotatable bonds is 7. The topological polar surface area (TPSA) is 112 Å². The van der Waals surface area contributed by atoms with E-state index in [0.29, 0.717) is 31.1 Å². The summed E-state index contributed by atoms with van der Waals surface area (Å²) in [6.07, 6.45) is 9.74. The molecule has 0 spiro atoms. The average molecular weight is 459 g/mol. The Morgan fingerprint density at radius 2 is 1.88 bits per heavy atom. The van der Waals surface area contributed by atoms with Crippen molar-refractivity contribution in [3.05, 3.63) is 23.8 Å². The van der Waals surface area contributed by atoms with Crippen molar-refractivity contribution in [2.75, 3.05) is 0 Å². The van der Waals surface area contributed by atoms with E-state index in [9.17, 15) is 24.6 Å². The first kappa shape index (κ1) is 24.3. The fourth-order valence-electron chi connectivity index (χ4n) is 8.74. The first-order chi connectivity index (χ1) is 15.5. The largest absolute Gasteiger partial charge is 0.481 e. The lowest BCUT2D eigenvalue weighted by Gasteiger charge is -2.59. The van der Waals surface area contributed by atoms with E-state index in [-0.39, 0.29) is 34.9 Å². The summed E-state index contributed by atoms with van der Waals surface area (Å²) < 4.78 is 0. The lowest BCUT2D eigenvalue weighted by Crippen LogP contribution is -2.56. The highest BCUT2D eigenvalue weighted by atomic mass is 16.5. The number of ketones is 2. The molecule has 0 heterocycles. The number of carboxylic acid groups (broad SMARTS) is 1. The lowest BCUT2D eigenvalue weighted by atomic mass is 9.44. The molecule has 4 rings (SSSR count). The minimum atomic E-state index is -2.01. The highest BCUT2D eigenvalue weighted by molar-refractivity contribution is 6.01. The van der Waals surface area contributed by atoms with Gasteiger partial charge in [0.05, 0.1) is 0 Å². The van der Waals surface area contributed by atoms with E-state index < -0.39 is 23.5 Å². The molecule has 0 aromatic heterocycles. The molecule has 3 N–H and O–H groups in total. The summed E-state index contributed by atoms with van der Waals surface area (Å²) in [7, 11) is 0. The van der Waals surface area contributed by atoms with Crippen LogP contribution in [0.15, 0.2) is 23.8 Å². The van der Waals surface area contributed by atoms with Gasteiger partial charge in [0.1, 0.15) is 0 Å². The van der Waals surface area contributed by atoms with Gasteiger partial charge in [-0.15, -0.1) is 0 Å². The zero-order valence-corrected chi connectivity index (χ0v) is 20.0. The lowest BCUT2D eigenvalue weighted by molar-refractivity contribution is -0.172. The van der Waals surface area contributed by atoms with E-state index in [1.807, 2.05) is 6.08 Å². The van der Waals surface area contributed by atoms with Crippen LogP contribution in [0, 0.1) is 39.9 Å². The Morgan fingerprint density at radius 3 is 2.55 bits per heavy atom. The number of allylic oxidation sites excluding steroid dienone is 4. The van der Waals surface area contributed by atoms with Crippen molar-refractivity contribution >= 4 is 17.5 Å². The van der Waals surface area contributed by atoms with Crippen molar-refractivity contribution in [2.45, 2.75) is 84.8 Å². The number of fused-ring (bicyclic) bond motifs is 5. The molecule has 6 heteroatoms. The minimum Gasteiger partial charge on any atom is -0.481 e. The van der Waals surface area contributed by atoms with Crippen LogP contribution in [0.3, 0.4) is 0 Å². The summed E-state index contributed by atoms with van der Waals surface area (Å²) in [5.74, 6) is -0.158. The number of Topliss-reactive ketones (excluding diaryl/α,β-unsaturated/α-hetero) is 1. The van der Waals surface area contributed by atoms with Crippen molar-refractivity contribution in [3.8, 4) is 0 Å². The van der Waals surface area contributed by atoms with Gasteiger partial charge in [0, 0.05) is 17.3 Å². The van der Waals surface area contributed by atoms with Crippen molar-refractivity contribution < 1.29 is 29.7 Å². The SMILES string of the molecule is CC1C[C@H]2[C@@H]3CCC4=CC(=O)C=C[C@]4(C)[C@H]3CC[C@]2(C)[C@@]1(CCCCC(=O)O)C(=O)C(O)O. The number of hydrogen-bond donors (Lipinski definition) is 3. The van der Waals surface area contributed by atoms with E-state index in [2.05, 4.69) is 26.8 Å². The molecule has 0 saturated heterocycles. The van der Waals surface area contributed by atoms with Crippen LogP contribution in [-0.4, -0.2) is 39.1 Å². The summed E-state index contributed by atoms with van der Waals surface area (Å²) in [4.78, 5) is 36.5. The molecule has 0 radical (unpaired) electrons. The zero-order valence-electron chi connectivity index (χ0n) is 20.0. The summed E-state index contributed by atoms with van der Waals surface area (Å²) in [5.41, 5.74) is -0.115. The maximum absolute atomic E-state index is 13.5. The molecule has 6 nitrogen and oxygen atoms in total. The minimum absolute atomic E-state index is 0.00130. The molecule has 4 aliphatic carbocycles. The van der Waals surface area contributed by atoms with Crippen LogP contribution in [0.25, 0.3) is 0 Å². The third kappa shape index (κ3) is 3.56. The Hall–Kier alpha value is -1.79. The van der Waals surface area contributed by atoms with Crippen LogP contribution in [0.5, 0.6) is 0 Å². The smallest absolute Gasteiger partial charge is 0.303 e. The van der Waals surface area contributed by atoms with Crippen LogP contribution in [0.1, 0.15) is 78.6 Å². The molecule has 3 saturated carbocycles. The number of aliphatic carboxylic acids is 1. The second kappa shape index (κ2) is 8.46. The van der Waals surface area contributed by atoms with Crippen LogP contribution in [0.2, 0.25) is 0 Å². The molecule has 4 aliphatic rings. The van der Waals surface area contributed by atoms with Crippen LogP contribution in [-0.2, 0) is 14.4 Å². The number of carbonyl (C=O) groups excluding carboxylic acids is 2. The fraction of sp³-hybridized carbons (Fsp3) is 0.741. The Bertz CT molecular complexity index is 902. The number of unbranched alkanes of at least 4 members (excludes halogenated alkanes) is 1. The van der Waals surface area contributed by atoms with Crippen molar-refractivity contribution in [2.24, 2.45) is 39.9 Å². The maximum atomic E-state index is 13.5. The first-order valence-corrected chi connectivity index (χ1v) is 12.5. The van der Waals surface area contributed by atoms with Gasteiger partial charge in [0.2, 0.25) is 6.29 Å². The standard InChI is InChI=1S/C27H38O6/c1-16-14-21-19-8-7-17-15-18(28)9-12-25(17,2)20(19)10-13-26(21,3)27(16,23(31)24(32)33)11-5-4-6-22(29)30/h9,12,15-16,19-21,24,32-33H,4-8,10-11,13-14H2,1-3H3,(H,29,30)/t16?,19-,20+,21+,25+,26+,27-/m1/s1. The molecule has 0 aromatic carbocycles. The number of hydrogen-bond acceptors (Lipinski definition) is 5. The predicted molar refractivity (Wildman–Crippen MR) is 123 cm³/mol. The van der Waals surface area contributed by atoms with Gasteiger partial charge in [-0.3, -0.25) is 14.4 Å². The van der Waals surface area contributed by atoms with Gasteiger partial charge in [-0.25, -0.2) is 0 Å². The molecule has 1 unspecified atom stereocenters. The van der Waals surface area contributed by atoms with Crippen LogP contribution < -0.4 is 0 Å². The van der Waals surface area contributed by atoms with Gasteiger partial charge in [0.25, 0.3) is 0 Å². The van der Waals surface area contributed by atoms with E-state index in [0.717, 1.165) is 32.1 Å². The molecule has 7 atom stereocenters. The second-order valence-electron chi connectivity index (χ2n) is 11.5. The van der Waals surface area contributed by atoms with Crippen LogP contribution in [0.4, 0.5) is 0 Å². The fourth-order valence-corrected chi connectivity index (χ4v) is 8.74. The molecule has 0 aliphatic heterocycles. The second-order valence-corrected chi connectivity index (χ2v) is 11.5. The monoisotopic (exact) mass is 458 g/mol. The van der Waals surface area contributed by atoms with E-state index in [4.69, 9.17) is 5.11 Å². The van der Waals surface area contributed by atoms with E-state index in [1.165, 1.54) is 5.57 Å². The van der Waals surface area contributed by atoms with Gasteiger partial charge in [-0.1, -0.05) is 38.8 Å². The Labute approximate surface area is 196 Å². The van der Waals surface area contributed by atoms with Gasteiger partial charge in [0.15, 0.2) is 11.6 Å². The Balaban J connectivity index is 1.68. The number of aliphatic hydroxyl groups excluding tert-OH is 1. The maximum Gasteiger partial charge on any atom is 0.303 e. The normalized spacial score (nSPS) is 41.9. The number of carboxylic acids is 1. The molecule has 0 aromatic rings. The molecule has 3 fully saturated rings. The van der Waals surface area contributed by atoms with E-state index in [1.54, 1.807) is 6.08 Å². The number of aliphatic hydroxyl groups is 2. The summed E-state index contributed by atoms with van der Waals surface area (Å²) in [6, 6.07) is 0. The summed E-state index contributed by atoms with van der Waals surface area (Å²) >= 11 is 0. The summed E-state index contributed by atoms with van der Waals surface area (Å²) in [5, 5.41) is 29.1. The van der Waals surface area contributed by atoms with Gasteiger partial charge in [-0.2, -0.15) is 0 Å². The van der Waals surface area contributed by atoms with E-state index >= 15 is 0 Å². The quantitative estimate of drug-likeness (QED) is 0.392. The van der Waals surface area contributed by atoms with Crippen molar-refractivity contribution in [1.82, 2.24) is 0 Å². The first-order valence-electron chi connectivity index (χ1n) is 12.5. The predicted octanol–water partition coefficient (Wildman–Crippen LogP) is 4.05. The van der Waals surface area contributed by atoms with Crippen molar-refractivity contribution in [3.63, 3.8) is 0 Å². The Kier molecular flexibility index (Phi) is 6.24. The molecular weight excluding hydrogens is 420 g/mol. The highest BCUT2D eigenvalue weighted by Gasteiger charge is 2.69. The van der Waals surface area contributed by atoms with Crippen molar-refractivity contribution in [1.29, 1.82) is 0 Å². The Morgan fingerprint density at radius 1 is 1.15 bits per heavy atom. The molecule has 182 valence electrons. The van der Waals surface area contributed by atoms with Gasteiger partial charge in [-0.05, 0) is 86.2 Å².